The van der Waals surface area contributed by atoms with E-state index < -0.39 is 0 Å². The second-order valence-electron chi connectivity index (χ2n) is 7.59. The third-order valence-electron chi connectivity index (χ3n) is 6.08. The molecule has 2 radical (unpaired) electrons. The number of nitrogens with zero attached hydrogens (tertiary/aromatic N) is 1. The maximum Gasteiger partial charge on any atom is 0.172 e. The second kappa shape index (κ2) is 6.91. The molecule has 0 amide bonds. The van der Waals surface area contributed by atoms with E-state index in [4.69, 9.17) is 22.1 Å². The minimum absolute atomic E-state index is 0.139. The van der Waals surface area contributed by atoms with Crippen LogP contribution in [0.1, 0.15) is 31.2 Å². The Morgan fingerprint density at radius 1 is 1.31 bits per heavy atom. The van der Waals surface area contributed by atoms with Gasteiger partial charge in [-0.15, -0.1) is 0 Å². The van der Waals surface area contributed by atoms with Gasteiger partial charge in [-0.25, -0.2) is 0 Å². The Bertz CT molecular complexity index is 727. The van der Waals surface area contributed by atoms with Gasteiger partial charge in [0.2, 0.25) is 0 Å². The minimum Gasteiger partial charge on any atom is -0.504 e. The van der Waals surface area contributed by atoms with Gasteiger partial charge in [0.05, 0.1) is 20.3 Å². The minimum atomic E-state index is -0.378. The summed E-state index contributed by atoms with van der Waals surface area (Å²) >= 11 is 0. The number of rotatable bonds is 3. The highest BCUT2D eigenvalue weighted by Gasteiger charge is 2.43. The van der Waals surface area contributed by atoms with Gasteiger partial charge in [-0.2, -0.15) is 0 Å². The van der Waals surface area contributed by atoms with Gasteiger partial charge in [-0.1, -0.05) is 16.6 Å². The number of benzene rings is 1. The van der Waals surface area contributed by atoms with Crippen LogP contribution < -0.4 is 10.2 Å². The monoisotopic (exact) mass is 355 g/mol. The molecule has 0 bridgehead atoms. The van der Waals surface area contributed by atoms with E-state index in [0.29, 0.717) is 30.5 Å². The first-order valence-electron chi connectivity index (χ1n) is 9.35. The zero-order valence-electron chi connectivity index (χ0n) is 15.6. The van der Waals surface area contributed by atoms with Gasteiger partial charge in [0.1, 0.15) is 7.85 Å². The van der Waals surface area contributed by atoms with Crippen molar-refractivity contribution in [1.29, 1.82) is 0 Å². The summed E-state index contributed by atoms with van der Waals surface area (Å²) in [6, 6.07) is 3.75. The predicted octanol–water partition coefficient (Wildman–Crippen LogP) is 1.66. The molecule has 138 valence electrons. The van der Waals surface area contributed by atoms with Gasteiger partial charge in [0.15, 0.2) is 17.3 Å². The molecule has 0 saturated carbocycles. The molecule has 1 saturated heterocycles. The fraction of sp³-hybridized carbons (Fsp3) is 0.600. The van der Waals surface area contributed by atoms with Crippen molar-refractivity contribution in [3.05, 3.63) is 28.8 Å². The SMILES string of the molecule is [B]c1cc(OC)c(O)cc1CC1C2=C(CCN1C)CC1(CC2)OCCO1. The smallest absolute Gasteiger partial charge is 0.172 e. The summed E-state index contributed by atoms with van der Waals surface area (Å²) in [7, 11) is 9.93. The van der Waals surface area contributed by atoms with Crippen LogP contribution in [0.25, 0.3) is 0 Å². The summed E-state index contributed by atoms with van der Waals surface area (Å²) in [5, 5.41) is 10.1. The number of hydrogen-bond acceptors (Lipinski definition) is 5. The number of methoxy groups -OCH3 is 1. The van der Waals surface area contributed by atoms with Crippen molar-refractivity contribution in [3.63, 3.8) is 0 Å². The molecule has 3 aliphatic rings. The van der Waals surface area contributed by atoms with Crippen LogP contribution in [-0.4, -0.2) is 63.6 Å². The molecule has 2 aliphatic heterocycles. The van der Waals surface area contributed by atoms with Gasteiger partial charge in [0.25, 0.3) is 0 Å². The van der Waals surface area contributed by atoms with E-state index in [1.807, 2.05) is 0 Å². The maximum absolute atomic E-state index is 10.1. The zero-order chi connectivity index (χ0) is 18.3. The average molecular weight is 355 g/mol. The third kappa shape index (κ3) is 3.15. The van der Waals surface area contributed by atoms with Crippen LogP contribution in [0.4, 0.5) is 0 Å². The van der Waals surface area contributed by atoms with Crippen LogP contribution in [-0.2, 0) is 15.9 Å². The number of ether oxygens (including phenoxy) is 3. The molecule has 1 N–H and O–H groups in total. The van der Waals surface area contributed by atoms with Gasteiger partial charge in [-0.05, 0) is 44.0 Å². The Labute approximate surface area is 156 Å². The summed E-state index contributed by atoms with van der Waals surface area (Å²) in [5.74, 6) is 0.175. The fourth-order valence-electron chi connectivity index (χ4n) is 4.61. The standard InChI is InChI=1S/C20H26BNO4/c1-22-6-4-13-12-20(25-7-8-26-20)5-3-15(13)17(22)9-14-10-18(23)19(24-2)11-16(14)21/h10-11,17,23H,3-9,12H2,1-2H3. The molecule has 26 heavy (non-hydrogen) atoms. The molecule has 4 rings (SSSR count). The average Bonchev–Trinajstić information content (AvgIpc) is 3.08. The highest BCUT2D eigenvalue weighted by molar-refractivity contribution is 6.33. The number of hydrogen-bond donors (Lipinski definition) is 1. The predicted molar refractivity (Wildman–Crippen MR) is 100 cm³/mol. The van der Waals surface area contributed by atoms with Crippen molar-refractivity contribution in [2.24, 2.45) is 0 Å². The van der Waals surface area contributed by atoms with Crippen molar-refractivity contribution in [3.8, 4) is 11.5 Å². The molecule has 1 fully saturated rings. The molecule has 1 aromatic rings. The Morgan fingerprint density at radius 2 is 2.08 bits per heavy atom. The highest BCUT2D eigenvalue weighted by atomic mass is 16.7. The Balaban J connectivity index is 1.60. The summed E-state index contributed by atoms with van der Waals surface area (Å²) in [4.78, 5) is 2.40. The molecular formula is C20H26BNO4. The number of aromatic hydroxyl groups is 1. The molecule has 1 unspecified atom stereocenters. The number of phenols is 1. The van der Waals surface area contributed by atoms with E-state index in [2.05, 4.69) is 11.9 Å². The topological polar surface area (TPSA) is 51.2 Å². The van der Waals surface area contributed by atoms with E-state index in [-0.39, 0.29) is 11.5 Å². The van der Waals surface area contributed by atoms with Gasteiger partial charge in [0, 0.05) is 25.4 Å². The lowest BCUT2D eigenvalue weighted by atomic mass is 9.77. The molecule has 1 aromatic carbocycles. The van der Waals surface area contributed by atoms with E-state index in [0.717, 1.165) is 44.2 Å². The first-order valence-corrected chi connectivity index (χ1v) is 9.35. The molecule has 1 atom stereocenters. The summed E-state index contributed by atoms with van der Waals surface area (Å²) < 4.78 is 17.0. The lowest BCUT2D eigenvalue weighted by Gasteiger charge is -2.43. The van der Waals surface area contributed by atoms with Crippen LogP contribution in [0.3, 0.4) is 0 Å². The van der Waals surface area contributed by atoms with Gasteiger partial charge < -0.3 is 19.3 Å². The maximum atomic E-state index is 10.1. The van der Waals surface area contributed by atoms with Gasteiger partial charge in [-0.3, -0.25) is 4.90 Å². The van der Waals surface area contributed by atoms with Crippen LogP contribution in [0.15, 0.2) is 23.3 Å². The summed E-state index contributed by atoms with van der Waals surface area (Å²) in [5.41, 5.74) is 4.61. The molecule has 1 spiro atoms. The molecule has 1 aliphatic carbocycles. The largest absolute Gasteiger partial charge is 0.504 e. The Morgan fingerprint density at radius 3 is 2.81 bits per heavy atom. The number of phenolic OH excluding ortho intramolecular Hbond substituents is 1. The van der Waals surface area contributed by atoms with E-state index >= 15 is 0 Å². The van der Waals surface area contributed by atoms with Crippen LogP contribution in [0, 0.1) is 0 Å². The molecular weight excluding hydrogens is 329 g/mol. The van der Waals surface area contributed by atoms with Crippen molar-refractivity contribution >= 4 is 13.3 Å². The Hall–Kier alpha value is -1.50. The first-order chi connectivity index (χ1) is 12.5. The van der Waals surface area contributed by atoms with E-state index in [1.165, 1.54) is 18.3 Å². The van der Waals surface area contributed by atoms with E-state index in [1.54, 1.807) is 12.1 Å². The van der Waals surface area contributed by atoms with Crippen molar-refractivity contribution < 1.29 is 19.3 Å². The lowest BCUT2D eigenvalue weighted by molar-refractivity contribution is -0.165. The van der Waals surface area contributed by atoms with E-state index in [9.17, 15) is 5.11 Å². The van der Waals surface area contributed by atoms with Crippen LogP contribution >= 0.6 is 0 Å². The number of likely N-dealkylation sites (N-methyl/N-ethyl adjacent to an activating group) is 1. The first kappa shape index (κ1) is 17.9. The van der Waals surface area contributed by atoms with Crippen molar-refractivity contribution in [2.75, 3.05) is 33.9 Å². The van der Waals surface area contributed by atoms with Crippen molar-refractivity contribution in [1.82, 2.24) is 4.90 Å². The van der Waals surface area contributed by atoms with Gasteiger partial charge >= 0.3 is 0 Å². The highest BCUT2D eigenvalue weighted by Crippen LogP contribution is 2.44. The molecule has 5 nitrogen and oxygen atoms in total. The third-order valence-corrected chi connectivity index (χ3v) is 6.08. The second-order valence-corrected chi connectivity index (χ2v) is 7.59. The summed E-state index contributed by atoms with van der Waals surface area (Å²) in [6.07, 6.45) is 4.65. The summed E-state index contributed by atoms with van der Waals surface area (Å²) in [6.45, 7) is 2.42. The Kier molecular flexibility index (Phi) is 4.76. The zero-order valence-corrected chi connectivity index (χ0v) is 15.6. The molecule has 0 aromatic heterocycles. The molecule has 6 heteroatoms. The fourth-order valence-corrected chi connectivity index (χ4v) is 4.61. The normalized spacial score (nSPS) is 25.5. The van der Waals surface area contributed by atoms with Crippen LogP contribution in [0.5, 0.6) is 11.5 Å². The van der Waals surface area contributed by atoms with Crippen molar-refractivity contribution in [2.45, 2.75) is 43.9 Å². The van der Waals surface area contributed by atoms with Crippen LogP contribution in [0.2, 0.25) is 0 Å². The lowest BCUT2D eigenvalue weighted by Crippen LogP contribution is -2.45. The molecule has 2 heterocycles. The quantitative estimate of drug-likeness (QED) is 0.660.